The number of hydrogen-bond donors (Lipinski definition) is 1. The van der Waals surface area contributed by atoms with Crippen molar-refractivity contribution in [2.24, 2.45) is 0 Å². The van der Waals surface area contributed by atoms with E-state index in [0.717, 1.165) is 68.5 Å². The van der Waals surface area contributed by atoms with Crippen molar-refractivity contribution in [2.45, 2.75) is 31.6 Å². The maximum Gasteiger partial charge on any atom is 0.236 e. The Kier molecular flexibility index (Phi) is 5.51. The molecule has 1 aromatic carbocycles. The summed E-state index contributed by atoms with van der Waals surface area (Å²) in [5.74, 6) is 1.60. The molecule has 1 atom stereocenters. The van der Waals surface area contributed by atoms with E-state index >= 15 is 0 Å². The molecule has 2 aliphatic rings. The van der Waals surface area contributed by atoms with Gasteiger partial charge in [0.2, 0.25) is 5.91 Å². The van der Waals surface area contributed by atoms with Gasteiger partial charge in [0.15, 0.2) is 11.5 Å². The average Bonchev–Trinajstić information content (AvgIpc) is 3.35. The molecule has 160 valence electrons. The molecule has 0 bridgehead atoms. The molecule has 2 aromatic heterocycles. The second kappa shape index (κ2) is 8.59. The fourth-order valence-electron chi connectivity index (χ4n) is 4.69. The Morgan fingerprint density at radius 2 is 1.77 bits per heavy atom. The molecule has 1 amide bonds. The smallest absolute Gasteiger partial charge is 0.236 e. The van der Waals surface area contributed by atoms with Gasteiger partial charge in [0.05, 0.1) is 11.9 Å². The molecule has 2 aliphatic heterocycles. The number of nitrogens with zero attached hydrogens (tertiary/aromatic N) is 5. The van der Waals surface area contributed by atoms with E-state index in [2.05, 4.69) is 9.88 Å². The molecule has 2 saturated heterocycles. The fraction of sp³-hybridized carbons (Fsp3) is 0.417. The number of benzene rings is 1. The second-order valence-electron chi connectivity index (χ2n) is 8.57. The van der Waals surface area contributed by atoms with Crippen LogP contribution in [0.1, 0.15) is 37.3 Å². The first-order chi connectivity index (χ1) is 15.2. The lowest BCUT2D eigenvalue weighted by molar-refractivity contribution is -0.131. The van der Waals surface area contributed by atoms with Gasteiger partial charge in [-0.1, -0.05) is 30.3 Å². The summed E-state index contributed by atoms with van der Waals surface area (Å²) < 4.78 is 0. The molecule has 7 nitrogen and oxygen atoms in total. The Balaban J connectivity index is 1.37. The Morgan fingerprint density at radius 1 is 0.968 bits per heavy atom. The largest absolute Gasteiger partial charge is 0.383 e. The highest BCUT2D eigenvalue weighted by molar-refractivity contribution is 5.87. The summed E-state index contributed by atoms with van der Waals surface area (Å²) in [5.41, 5.74) is 8.79. The minimum absolute atomic E-state index is 0.262. The summed E-state index contributed by atoms with van der Waals surface area (Å²) in [7, 11) is 0. The maximum absolute atomic E-state index is 12.6. The summed E-state index contributed by atoms with van der Waals surface area (Å²) in [4.78, 5) is 30.9. The highest BCUT2D eigenvalue weighted by Crippen LogP contribution is 2.29. The van der Waals surface area contributed by atoms with Crippen molar-refractivity contribution in [1.82, 2.24) is 24.8 Å². The van der Waals surface area contributed by atoms with E-state index in [-0.39, 0.29) is 5.91 Å². The van der Waals surface area contributed by atoms with Crippen molar-refractivity contribution in [2.75, 3.05) is 38.5 Å². The number of rotatable bonds is 4. The van der Waals surface area contributed by atoms with Crippen LogP contribution in [0, 0.1) is 0 Å². The summed E-state index contributed by atoms with van der Waals surface area (Å²) in [6, 6.07) is 13.9. The van der Waals surface area contributed by atoms with Crippen molar-refractivity contribution < 1.29 is 4.79 Å². The minimum Gasteiger partial charge on any atom is -0.383 e. The normalized spacial score (nSPS) is 19.7. The zero-order valence-corrected chi connectivity index (χ0v) is 17.7. The predicted molar refractivity (Wildman–Crippen MR) is 121 cm³/mol. The number of nitrogen functional groups attached to an aromatic ring is 1. The van der Waals surface area contributed by atoms with E-state index in [0.29, 0.717) is 29.8 Å². The quantitative estimate of drug-likeness (QED) is 0.703. The molecule has 2 N–H and O–H groups in total. The lowest BCUT2D eigenvalue weighted by atomic mass is 9.94. The van der Waals surface area contributed by atoms with Gasteiger partial charge in [0.1, 0.15) is 5.82 Å². The Bertz CT molecular complexity index is 1080. The van der Waals surface area contributed by atoms with E-state index < -0.39 is 0 Å². The topological polar surface area (TPSA) is 88.2 Å². The lowest BCUT2D eigenvalue weighted by Crippen LogP contribution is -2.43. The highest BCUT2D eigenvalue weighted by Gasteiger charge is 2.26. The molecule has 3 aromatic rings. The molecule has 0 aliphatic carbocycles. The SMILES string of the molecule is Nc1nc(-c2ccccc2)nc2nc([C@H]3CCCN(CC(=O)N4CCCC4)C3)ccc12. The number of carbonyl (C=O) groups excluding carboxylic acids is 1. The van der Waals surface area contributed by atoms with Crippen molar-refractivity contribution in [3.8, 4) is 11.4 Å². The van der Waals surface area contributed by atoms with Crippen molar-refractivity contribution >= 4 is 22.8 Å². The molecule has 2 fully saturated rings. The van der Waals surface area contributed by atoms with Crippen LogP contribution in [0.25, 0.3) is 22.4 Å². The molecule has 0 unspecified atom stereocenters. The standard InChI is InChI=1S/C24H28N6O/c25-22-19-10-11-20(26-24(19)28-23(27-22)17-7-2-1-3-8-17)18-9-6-12-29(15-18)16-21(31)30-13-4-5-14-30/h1-3,7-8,10-11,18H,4-6,9,12-16H2,(H2,25,26,27,28)/t18-/m0/s1. The summed E-state index contributed by atoms with van der Waals surface area (Å²) >= 11 is 0. The maximum atomic E-state index is 12.6. The van der Waals surface area contributed by atoms with Gasteiger partial charge in [-0.25, -0.2) is 15.0 Å². The number of hydrogen-bond acceptors (Lipinski definition) is 6. The monoisotopic (exact) mass is 416 g/mol. The molecule has 31 heavy (non-hydrogen) atoms. The molecule has 0 spiro atoms. The van der Waals surface area contributed by atoms with Crippen LogP contribution < -0.4 is 5.73 Å². The molecular weight excluding hydrogens is 388 g/mol. The van der Waals surface area contributed by atoms with Gasteiger partial charge in [-0.05, 0) is 44.4 Å². The molecule has 0 saturated carbocycles. The Morgan fingerprint density at radius 3 is 2.58 bits per heavy atom. The van der Waals surface area contributed by atoms with Gasteiger partial charge in [0, 0.05) is 36.8 Å². The number of amides is 1. The molecular formula is C24H28N6O. The van der Waals surface area contributed by atoms with Crippen molar-refractivity contribution in [3.05, 3.63) is 48.2 Å². The van der Waals surface area contributed by atoms with E-state index in [1.807, 2.05) is 47.4 Å². The third-order valence-corrected chi connectivity index (χ3v) is 6.38. The number of carbonyl (C=O) groups is 1. The van der Waals surface area contributed by atoms with Crippen LogP contribution in [0.3, 0.4) is 0 Å². The molecule has 5 rings (SSSR count). The van der Waals surface area contributed by atoms with Crippen LogP contribution in [-0.4, -0.2) is 63.4 Å². The van der Waals surface area contributed by atoms with E-state index in [9.17, 15) is 4.79 Å². The zero-order valence-electron chi connectivity index (χ0n) is 17.7. The summed E-state index contributed by atoms with van der Waals surface area (Å²) in [6.45, 7) is 4.15. The number of nitrogens with two attached hydrogens (primary N) is 1. The molecule has 0 radical (unpaired) electrons. The Hall–Kier alpha value is -3.06. The van der Waals surface area contributed by atoms with Crippen molar-refractivity contribution in [1.29, 1.82) is 0 Å². The number of fused-ring (bicyclic) bond motifs is 1. The van der Waals surface area contributed by atoms with Crippen LogP contribution in [0.15, 0.2) is 42.5 Å². The third kappa shape index (κ3) is 4.23. The van der Waals surface area contributed by atoms with Gasteiger partial charge >= 0.3 is 0 Å². The molecule has 7 heteroatoms. The van der Waals surface area contributed by atoms with Crippen LogP contribution in [0.2, 0.25) is 0 Å². The van der Waals surface area contributed by atoms with Crippen LogP contribution in [-0.2, 0) is 4.79 Å². The summed E-state index contributed by atoms with van der Waals surface area (Å²) in [6.07, 6.45) is 4.40. The first kappa shape index (κ1) is 19.9. The number of aromatic nitrogens is 3. The zero-order chi connectivity index (χ0) is 21.2. The lowest BCUT2D eigenvalue weighted by Gasteiger charge is -2.33. The number of likely N-dealkylation sites (tertiary alicyclic amines) is 2. The number of anilines is 1. The van der Waals surface area contributed by atoms with Gasteiger partial charge in [-0.15, -0.1) is 0 Å². The van der Waals surface area contributed by atoms with Crippen LogP contribution in [0.4, 0.5) is 5.82 Å². The van der Waals surface area contributed by atoms with Gasteiger partial charge in [-0.2, -0.15) is 0 Å². The number of piperidine rings is 1. The Labute approximate surface area is 182 Å². The first-order valence-electron chi connectivity index (χ1n) is 11.2. The fourth-order valence-corrected chi connectivity index (χ4v) is 4.69. The first-order valence-corrected chi connectivity index (χ1v) is 11.2. The second-order valence-corrected chi connectivity index (χ2v) is 8.57. The third-order valence-electron chi connectivity index (χ3n) is 6.38. The van der Waals surface area contributed by atoms with Crippen molar-refractivity contribution in [3.63, 3.8) is 0 Å². The van der Waals surface area contributed by atoms with Crippen LogP contribution in [0.5, 0.6) is 0 Å². The number of pyridine rings is 1. The highest BCUT2D eigenvalue weighted by atomic mass is 16.2. The average molecular weight is 417 g/mol. The predicted octanol–water partition coefficient (Wildman–Crippen LogP) is 3.08. The van der Waals surface area contributed by atoms with E-state index in [1.54, 1.807) is 0 Å². The van der Waals surface area contributed by atoms with E-state index in [1.165, 1.54) is 0 Å². The van der Waals surface area contributed by atoms with Gasteiger partial charge in [0.25, 0.3) is 0 Å². The van der Waals surface area contributed by atoms with E-state index in [4.69, 9.17) is 15.7 Å². The van der Waals surface area contributed by atoms with Gasteiger partial charge in [-0.3, -0.25) is 9.69 Å². The summed E-state index contributed by atoms with van der Waals surface area (Å²) in [5, 5.41) is 0.778. The minimum atomic E-state index is 0.262. The van der Waals surface area contributed by atoms with Crippen LogP contribution >= 0.6 is 0 Å². The molecule has 4 heterocycles. The van der Waals surface area contributed by atoms with Gasteiger partial charge < -0.3 is 10.6 Å².